The second-order valence-corrected chi connectivity index (χ2v) is 9.01. The van der Waals surface area contributed by atoms with E-state index >= 15 is 0 Å². The van der Waals surface area contributed by atoms with E-state index in [1.807, 2.05) is 23.1 Å². The molecule has 5 rings (SSSR count). The standard InChI is InChI=1S/C25H25BrN6O/c1-18-7-5-6-10-22(18)30-11-13-31(14-12-30)25(33)20-16-28-24-21(26)17-29-32(24)23(20)27-15-19-8-3-2-4-9-19/h2-10,16-17,27H,11-15H2,1H3. The summed E-state index contributed by atoms with van der Waals surface area (Å²) < 4.78 is 2.49. The van der Waals surface area contributed by atoms with Crippen LogP contribution in [0.5, 0.6) is 0 Å². The molecule has 1 aliphatic rings. The highest BCUT2D eigenvalue weighted by atomic mass is 79.9. The van der Waals surface area contributed by atoms with Gasteiger partial charge in [0, 0.05) is 44.6 Å². The molecule has 0 saturated carbocycles. The number of nitrogens with zero attached hydrogens (tertiary/aromatic N) is 5. The summed E-state index contributed by atoms with van der Waals surface area (Å²) in [5.74, 6) is 0.622. The van der Waals surface area contributed by atoms with E-state index in [9.17, 15) is 4.79 Å². The van der Waals surface area contributed by atoms with Gasteiger partial charge in [0.2, 0.25) is 0 Å². The van der Waals surface area contributed by atoms with Crippen LogP contribution < -0.4 is 10.2 Å². The molecule has 1 aliphatic heterocycles. The number of carbonyl (C=O) groups is 1. The molecule has 4 aromatic rings. The molecule has 1 saturated heterocycles. The number of anilines is 2. The van der Waals surface area contributed by atoms with E-state index < -0.39 is 0 Å². The lowest BCUT2D eigenvalue weighted by atomic mass is 10.1. The number of hydrogen-bond donors (Lipinski definition) is 1. The van der Waals surface area contributed by atoms with Crippen molar-refractivity contribution in [3.05, 3.63) is 88.2 Å². The summed E-state index contributed by atoms with van der Waals surface area (Å²) in [6.45, 7) is 5.62. The fourth-order valence-corrected chi connectivity index (χ4v) is 4.61. The average Bonchev–Trinajstić information content (AvgIpc) is 3.24. The highest BCUT2D eigenvalue weighted by Crippen LogP contribution is 2.25. The SMILES string of the molecule is Cc1ccccc1N1CCN(C(=O)c2cnc3c(Br)cnn3c2NCc2ccccc2)CC1. The number of rotatable bonds is 5. The zero-order valence-corrected chi connectivity index (χ0v) is 20.0. The molecule has 0 unspecified atom stereocenters. The monoisotopic (exact) mass is 504 g/mol. The van der Waals surface area contributed by atoms with Crippen LogP contribution in [0.2, 0.25) is 0 Å². The maximum atomic E-state index is 13.6. The fourth-order valence-electron chi connectivity index (χ4n) is 4.25. The van der Waals surface area contributed by atoms with Crippen LogP contribution in [0.15, 0.2) is 71.5 Å². The highest BCUT2D eigenvalue weighted by molar-refractivity contribution is 9.10. The maximum Gasteiger partial charge on any atom is 0.259 e. The minimum atomic E-state index is -0.0315. The van der Waals surface area contributed by atoms with Crippen molar-refractivity contribution in [2.45, 2.75) is 13.5 Å². The van der Waals surface area contributed by atoms with E-state index in [1.54, 1.807) is 16.9 Å². The molecule has 1 amide bonds. The van der Waals surface area contributed by atoms with Crippen molar-refractivity contribution < 1.29 is 4.79 Å². The number of fused-ring (bicyclic) bond motifs is 1. The molecule has 2 aromatic heterocycles. The van der Waals surface area contributed by atoms with Gasteiger partial charge in [-0.05, 0) is 40.0 Å². The molecular formula is C25H25BrN6O. The first-order valence-electron chi connectivity index (χ1n) is 11.0. The third-order valence-corrected chi connectivity index (χ3v) is 6.60. The second-order valence-electron chi connectivity index (χ2n) is 8.15. The van der Waals surface area contributed by atoms with Crippen LogP contribution in [0, 0.1) is 6.92 Å². The van der Waals surface area contributed by atoms with Crippen molar-refractivity contribution in [2.24, 2.45) is 0 Å². The smallest absolute Gasteiger partial charge is 0.259 e. The van der Waals surface area contributed by atoms with Gasteiger partial charge in [0.25, 0.3) is 5.91 Å². The van der Waals surface area contributed by atoms with E-state index in [0.29, 0.717) is 36.7 Å². The first-order valence-corrected chi connectivity index (χ1v) is 11.8. The zero-order valence-electron chi connectivity index (χ0n) is 18.4. The van der Waals surface area contributed by atoms with E-state index in [1.165, 1.54) is 11.3 Å². The summed E-state index contributed by atoms with van der Waals surface area (Å²) >= 11 is 3.50. The summed E-state index contributed by atoms with van der Waals surface area (Å²) in [7, 11) is 0. The van der Waals surface area contributed by atoms with Crippen molar-refractivity contribution in [3.8, 4) is 0 Å². The Hall–Kier alpha value is -3.39. The van der Waals surface area contributed by atoms with E-state index in [4.69, 9.17) is 0 Å². The lowest BCUT2D eigenvalue weighted by Gasteiger charge is -2.37. The molecular weight excluding hydrogens is 480 g/mol. The van der Waals surface area contributed by atoms with E-state index in [2.05, 4.69) is 79.6 Å². The van der Waals surface area contributed by atoms with Gasteiger partial charge in [-0.1, -0.05) is 48.5 Å². The Kier molecular flexibility index (Phi) is 6.00. The average molecular weight is 505 g/mol. The van der Waals surface area contributed by atoms with Crippen LogP contribution in [0.25, 0.3) is 5.65 Å². The number of para-hydroxylation sites is 1. The first kappa shape index (κ1) is 21.5. The van der Waals surface area contributed by atoms with Crippen LogP contribution in [0.4, 0.5) is 11.5 Å². The van der Waals surface area contributed by atoms with E-state index in [0.717, 1.165) is 23.1 Å². The van der Waals surface area contributed by atoms with Gasteiger partial charge in [-0.25, -0.2) is 4.98 Å². The Bertz CT molecular complexity index is 1280. The Morgan fingerprint density at radius 2 is 1.73 bits per heavy atom. The molecule has 3 heterocycles. The second kappa shape index (κ2) is 9.23. The lowest BCUT2D eigenvalue weighted by Crippen LogP contribution is -2.49. The Balaban J connectivity index is 1.38. The van der Waals surface area contributed by atoms with Gasteiger partial charge in [-0.15, -0.1) is 0 Å². The predicted octanol–water partition coefficient (Wildman–Crippen LogP) is 4.37. The number of hydrogen-bond acceptors (Lipinski definition) is 5. The van der Waals surface area contributed by atoms with Crippen LogP contribution in [0.1, 0.15) is 21.5 Å². The normalized spacial score (nSPS) is 14.0. The zero-order chi connectivity index (χ0) is 22.8. The first-order chi connectivity index (χ1) is 16.1. The summed E-state index contributed by atoms with van der Waals surface area (Å²) in [6, 6.07) is 18.5. The van der Waals surface area contributed by atoms with Gasteiger partial charge in [-0.3, -0.25) is 4.79 Å². The number of aromatic nitrogens is 3. The van der Waals surface area contributed by atoms with Gasteiger partial charge in [0.05, 0.1) is 10.7 Å². The van der Waals surface area contributed by atoms with Crippen molar-refractivity contribution in [2.75, 3.05) is 36.4 Å². The summed E-state index contributed by atoms with van der Waals surface area (Å²) in [5, 5.41) is 7.88. The third kappa shape index (κ3) is 4.30. The van der Waals surface area contributed by atoms with Gasteiger partial charge in [-0.2, -0.15) is 9.61 Å². The number of halogens is 1. The molecule has 0 spiro atoms. The summed E-state index contributed by atoms with van der Waals surface area (Å²) in [5.41, 5.74) is 4.81. The molecule has 33 heavy (non-hydrogen) atoms. The predicted molar refractivity (Wildman–Crippen MR) is 134 cm³/mol. The fraction of sp³-hybridized carbons (Fsp3) is 0.240. The minimum Gasteiger partial charge on any atom is -0.368 e. The van der Waals surface area contributed by atoms with Crippen LogP contribution in [-0.4, -0.2) is 51.6 Å². The molecule has 2 aromatic carbocycles. The Morgan fingerprint density at radius 3 is 2.48 bits per heavy atom. The van der Waals surface area contributed by atoms with Crippen molar-refractivity contribution in [1.29, 1.82) is 0 Å². The molecule has 0 atom stereocenters. The number of carbonyl (C=O) groups excluding carboxylic acids is 1. The third-order valence-electron chi connectivity index (χ3n) is 6.04. The quantitative estimate of drug-likeness (QED) is 0.437. The Morgan fingerprint density at radius 1 is 1.00 bits per heavy atom. The Labute approximate surface area is 201 Å². The topological polar surface area (TPSA) is 65.8 Å². The van der Waals surface area contributed by atoms with Crippen molar-refractivity contribution in [3.63, 3.8) is 0 Å². The van der Waals surface area contributed by atoms with Gasteiger partial charge in [0.1, 0.15) is 11.4 Å². The number of nitrogens with one attached hydrogen (secondary N) is 1. The summed E-state index contributed by atoms with van der Waals surface area (Å²) in [4.78, 5) is 22.3. The van der Waals surface area contributed by atoms with E-state index in [-0.39, 0.29) is 5.91 Å². The van der Waals surface area contributed by atoms with Gasteiger partial charge in [0.15, 0.2) is 5.65 Å². The summed E-state index contributed by atoms with van der Waals surface area (Å²) in [6.07, 6.45) is 3.36. The number of benzene rings is 2. The molecule has 1 fully saturated rings. The molecule has 0 radical (unpaired) electrons. The molecule has 168 valence electrons. The van der Waals surface area contributed by atoms with Gasteiger partial charge < -0.3 is 15.1 Å². The van der Waals surface area contributed by atoms with Crippen LogP contribution in [-0.2, 0) is 6.54 Å². The number of aryl methyl sites for hydroxylation is 1. The van der Waals surface area contributed by atoms with Crippen molar-refractivity contribution >= 4 is 39.0 Å². The number of piperazine rings is 1. The van der Waals surface area contributed by atoms with Gasteiger partial charge >= 0.3 is 0 Å². The minimum absolute atomic E-state index is 0.0315. The molecule has 8 heteroatoms. The molecule has 0 aliphatic carbocycles. The highest BCUT2D eigenvalue weighted by Gasteiger charge is 2.26. The molecule has 7 nitrogen and oxygen atoms in total. The van der Waals surface area contributed by atoms with Crippen molar-refractivity contribution in [1.82, 2.24) is 19.5 Å². The van der Waals surface area contributed by atoms with Crippen LogP contribution >= 0.6 is 15.9 Å². The molecule has 1 N–H and O–H groups in total. The largest absolute Gasteiger partial charge is 0.368 e. The van der Waals surface area contributed by atoms with Crippen LogP contribution in [0.3, 0.4) is 0 Å². The lowest BCUT2D eigenvalue weighted by molar-refractivity contribution is 0.0746. The maximum absolute atomic E-state index is 13.6. The molecule has 0 bridgehead atoms. The number of amides is 1.